The molecular weight excluding hydrogens is 396 g/mol. The number of hydrogen-bond donors (Lipinski definition) is 1. The van der Waals surface area contributed by atoms with Crippen LogP contribution in [0.2, 0.25) is 0 Å². The molecule has 0 spiro atoms. The standard InChI is InChI=1S/C24H30N2O5/c1-29-16-23(27)26-14-19(18-9-10-21(30-2)22(12-18)31-3)11-20(15-26)24(28)25-13-17-7-5-4-6-8-17/h4-10,12,19-20H,11,13-16H2,1-3H3,(H,25,28). The molecule has 0 radical (unpaired) electrons. The summed E-state index contributed by atoms with van der Waals surface area (Å²) >= 11 is 0. The number of hydrogen-bond acceptors (Lipinski definition) is 5. The summed E-state index contributed by atoms with van der Waals surface area (Å²) in [5, 5.41) is 3.02. The van der Waals surface area contributed by atoms with E-state index in [1.54, 1.807) is 19.1 Å². The number of ether oxygens (including phenoxy) is 3. The van der Waals surface area contributed by atoms with Gasteiger partial charge in [-0.15, -0.1) is 0 Å². The van der Waals surface area contributed by atoms with E-state index in [1.807, 2.05) is 48.5 Å². The molecule has 0 saturated carbocycles. The van der Waals surface area contributed by atoms with Crippen molar-refractivity contribution in [3.8, 4) is 11.5 Å². The Kier molecular flexibility index (Phi) is 7.89. The molecule has 0 aromatic heterocycles. The third-order valence-electron chi connectivity index (χ3n) is 5.63. The number of carbonyl (C=O) groups is 2. The Balaban J connectivity index is 1.77. The van der Waals surface area contributed by atoms with Crippen LogP contribution in [0.15, 0.2) is 48.5 Å². The number of amides is 2. The summed E-state index contributed by atoms with van der Waals surface area (Å²) in [7, 11) is 4.69. The van der Waals surface area contributed by atoms with Gasteiger partial charge in [-0.05, 0) is 29.7 Å². The molecule has 31 heavy (non-hydrogen) atoms. The number of methoxy groups -OCH3 is 3. The highest BCUT2D eigenvalue weighted by Gasteiger charge is 2.34. The summed E-state index contributed by atoms with van der Waals surface area (Å²) in [4.78, 5) is 27.3. The lowest BCUT2D eigenvalue weighted by molar-refractivity contribution is -0.139. The molecule has 1 aliphatic rings. The number of carbonyl (C=O) groups excluding carboxylic acids is 2. The zero-order valence-electron chi connectivity index (χ0n) is 18.3. The average Bonchev–Trinajstić information content (AvgIpc) is 2.82. The first kappa shape index (κ1) is 22.6. The average molecular weight is 427 g/mol. The Morgan fingerprint density at radius 2 is 1.74 bits per heavy atom. The first-order chi connectivity index (χ1) is 15.0. The third kappa shape index (κ3) is 5.76. The van der Waals surface area contributed by atoms with Crippen LogP contribution in [0.3, 0.4) is 0 Å². The Bertz CT molecular complexity index is 887. The van der Waals surface area contributed by atoms with Gasteiger partial charge in [-0.1, -0.05) is 36.4 Å². The Morgan fingerprint density at radius 1 is 1.00 bits per heavy atom. The van der Waals surface area contributed by atoms with Crippen molar-refractivity contribution < 1.29 is 23.8 Å². The number of nitrogens with zero attached hydrogens (tertiary/aromatic N) is 1. The SMILES string of the molecule is COCC(=O)N1CC(C(=O)NCc2ccccc2)CC(c2ccc(OC)c(OC)c2)C1. The van der Waals surface area contributed by atoms with Gasteiger partial charge in [-0.2, -0.15) is 0 Å². The monoisotopic (exact) mass is 426 g/mol. The van der Waals surface area contributed by atoms with E-state index in [1.165, 1.54) is 7.11 Å². The van der Waals surface area contributed by atoms with Crippen molar-refractivity contribution in [3.05, 3.63) is 59.7 Å². The van der Waals surface area contributed by atoms with Gasteiger partial charge in [0.2, 0.25) is 11.8 Å². The van der Waals surface area contributed by atoms with Crippen LogP contribution in [0.25, 0.3) is 0 Å². The van der Waals surface area contributed by atoms with E-state index in [2.05, 4.69) is 5.32 Å². The van der Waals surface area contributed by atoms with Crippen LogP contribution in [0, 0.1) is 5.92 Å². The Labute approximate surface area is 183 Å². The van der Waals surface area contributed by atoms with Crippen molar-refractivity contribution in [2.45, 2.75) is 18.9 Å². The van der Waals surface area contributed by atoms with Gasteiger partial charge < -0.3 is 24.4 Å². The molecule has 1 N–H and O–H groups in total. The van der Waals surface area contributed by atoms with Gasteiger partial charge in [0.15, 0.2) is 11.5 Å². The largest absolute Gasteiger partial charge is 0.493 e. The highest BCUT2D eigenvalue weighted by Crippen LogP contribution is 2.36. The summed E-state index contributed by atoms with van der Waals surface area (Å²) in [6.07, 6.45) is 0.646. The second-order valence-corrected chi connectivity index (χ2v) is 7.68. The topological polar surface area (TPSA) is 77.1 Å². The smallest absolute Gasteiger partial charge is 0.248 e. The fourth-order valence-electron chi connectivity index (χ4n) is 3.99. The van der Waals surface area contributed by atoms with Crippen LogP contribution in [0.5, 0.6) is 11.5 Å². The van der Waals surface area contributed by atoms with E-state index < -0.39 is 0 Å². The van der Waals surface area contributed by atoms with Gasteiger partial charge in [0.05, 0.1) is 20.1 Å². The van der Waals surface area contributed by atoms with E-state index >= 15 is 0 Å². The lowest BCUT2D eigenvalue weighted by Gasteiger charge is -2.37. The molecule has 2 aromatic rings. The fraction of sp³-hybridized carbons (Fsp3) is 0.417. The van der Waals surface area contributed by atoms with Crippen LogP contribution in [-0.4, -0.2) is 57.7 Å². The van der Waals surface area contributed by atoms with Gasteiger partial charge in [0.25, 0.3) is 0 Å². The van der Waals surface area contributed by atoms with Gasteiger partial charge in [-0.3, -0.25) is 9.59 Å². The summed E-state index contributed by atoms with van der Waals surface area (Å²) in [5.41, 5.74) is 2.05. The Hall–Kier alpha value is -3.06. The third-order valence-corrected chi connectivity index (χ3v) is 5.63. The molecule has 1 heterocycles. The maximum absolute atomic E-state index is 13.0. The molecule has 1 saturated heterocycles. The van der Waals surface area contributed by atoms with Crippen LogP contribution < -0.4 is 14.8 Å². The quantitative estimate of drug-likeness (QED) is 0.702. The number of benzene rings is 2. The molecule has 2 aromatic carbocycles. The Morgan fingerprint density at radius 3 is 2.42 bits per heavy atom. The van der Waals surface area contributed by atoms with E-state index in [9.17, 15) is 9.59 Å². The van der Waals surface area contributed by atoms with Crippen LogP contribution in [-0.2, 0) is 20.9 Å². The molecule has 7 heteroatoms. The molecular formula is C24H30N2O5. The molecule has 166 valence electrons. The van der Waals surface area contributed by atoms with Crippen molar-refractivity contribution >= 4 is 11.8 Å². The van der Waals surface area contributed by atoms with Crippen LogP contribution >= 0.6 is 0 Å². The molecule has 1 fully saturated rings. The maximum Gasteiger partial charge on any atom is 0.248 e. The minimum Gasteiger partial charge on any atom is -0.493 e. The second kappa shape index (κ2) is 10.8. The lowest BCUT2D eigenvalue weighted by atomic mass is 9.83. The van der Waals surface area contributed by atoms with Gasteiger partial charge >= 0.3 is 0 Å². The predicted octanol–water partition coefficient (Wildman–Crippen LogP) is 2.60. The van der Waals surface area contributed by atoms with E-state index in [0.29, 0.717) is 37.6 Å². The first-order valence-corrected chi connectivity index (χ1v) is 10.4. The minimum atomic E-state index is -0.309. The zero-order chi connectivity index (χ0) is 22.2. The van der Waals surface area contributed by atoms with Crippen molar-refractivity contribution in [2.24, 2.45) is 5.92 Å². The molecule has 2 atom stereocenters. The van der Waals surface area contributed by atoms with E-state index in [0.717, 1.165) is 11.1 Å². The highest BCUT2D eigenvalue weighted by atomic mass is 16.5. The summed E-state index contributed by atoms with van der Waals surface area (Å²) in [6, 6.07) is 15.5. The second-order valence-electron chi connectivity index (χ2n) is 7.68. The van der Waals surface area contributed by atoms with Crippen molar-refractivity contribution in [1.82, 2.24) is 10.2 Å². The van der Waals surface area contributed by atoms with Crippen molar-refractivity contribution in [3.63, 3.8) is 0 Å². The summed E-state index contributed by atoms with van der Waals surface area (Å²) in [5.74, 6) is 0.799. The number of likely N-dealkylation sites (tertiary alicyclic amines) is 1. The molecule has 3 rings (SSSR count). The molecule has 0 aliphatic carbocycles. The fourth-order valence-corrected chi connectivity index (χ4v) is 3.99. The van der Waals surface area contributed by atoms with E-state index in [-0.39, 0.29) is 30.3 Å². The first-order valence-electron chi connectivity index (χ1n) is 10.4. The summed E-state index contributed by atoms with van der Waals surface area (Å²) in [6.45, 7) is 1.37. The van der Waals surface area contributed by atoms with Crippen LogP contribution in [0.4, 0.5) is 0 Å². The molecule has 7 nitrogen and oxygen atoms in total. The predicted molar refractivity (Wildman–Crippen MR) is 117 cm³/mol. The molecule has 0 bridgehead atoms. The summed E-state index contributed by atoms with van der Waals surface area (Å²) < 4.78 is 15.8. The molecule has 2 amide bonds. The van der Waals surface area contributed by atoms with E-state index in [4.69, 9.17) is 14.2 Å². The molecule has 1 aliphatic heterocycles. The number of rotatable bonds is 8. The minimum absolute atomic E-state index is 0.00170. The highest BCUT2D eigenvalue weighted by molar-refractivity contribution is 5.82. The van der Waals surface area contributed by atoms with Crippen LogP contribution in [0.1, 0.15) is 23.5 Å². The van der Waals surface area contributed by atoms with Gasteiger partial charge in [0.1, 0.15) is 6.61 Å². The number of piperidine rings is 1. The normalized spacial score (nSPS) is 18.4. The lowest BCUT2D eigenvalue weighted by Crippen LogP contribution is -2.48. The number of nitrogens with one attached hydrogen (secondary N) is 1. The van der Waals surface area contributed by atoms with Crippen molar-refractivity contribution in [2.75, 3.05) is 41.0 Å². The molecule has 2 unspecified atom stereocenters. The van der Waals surface area contributed by atoms with Gasteiger partial charge in [-0.25, -0.2) is 0 Å². The maximum atomic E-state index is 13.0. The zero-order valence-corrected chi connectivity index (χ0v) is 18.3. The van der Waals surface area contributed by atoms with Crippen molar-refractivity contribution in [1.29, 1.82) is 0 Å². The van der Waals surface area contributed by atoms with Gasteiger partial charge in [0, 0.05) is 32.7 Å².